The third-order valence-corrected chi connectivity index (χ3v) is 9.45. The van der Waals surface area contributed by atoms with Crippen LogP contribution in [0.25, 0.3) is 11.0 Å². The normalized spacial score (nSPS) is 12.6. The molecule has 1 atom stereocenters. The summed E-state index contributed by atoms with van der Waals surface area (Å²) in [5, 5.41) is 0.721. The van der Waals surface area contributed by atoms with Crippen molar-refractivity contribution in [3.8, 4) is 0 Å². The predicted octanol–water partition coefficient (Wildman–Crippen LogP) is 5.79. The van der Waals surface area contributed by atoms with Crippen molar-refractivity contribution in [1.82, 2.24) is 13.9 Å². The van der Waals surface area contributed by atoms with Crippen LogP contribution in [0, 0.1) is 0 Å². The highest BCUT2D eigenvalue weighted by molar-refractivity contribution is 7.99. The molecule has 0 fully saturated rings. The minimum Gasteiger partial charge on any atom is -0.461 e. The number of thioether (sulfide) groups is 1. The van der Waals surface area contributed by atoms with Crippen LogP contribution in [0.15, 0.2) is 95.0 Å². The lowest BCUT2D eigenvalue weighted by Crippen LogP contribution is -2.34. The van der Waals surface area contributed by atoms with Crippen molar-refractivity contribution in [3.63, 3.8) is 0 Å². The van der Waals surface area contributed by atoms with Crippen molar-refractivity contribution in [1.29, 1.82) is 0 Å². The zero-order valence-corrected chi connectivity index (χ0v) is 24.0. The average molecular weight is 566 g/mol. The lowest BCUT2D eigenvalue weighted by Gasteiger charge is -2.22. The molecule has 7 nitrogen and oxygen atoms in total. The van der Waals surface area contributed by atoms with Gasteiger partial charge in [0.15, 0.2) is 5.16 Å². The van der Waals surface area contributed by atoms with E-state index in [1.807, 2.05) is 79.1 Å². The molecule has 4 aromatic rings. The predicted molar refractivity (Wildman–Crippen MR) is 156 cm³/mol. The van der Waals surface area contributed by atoms with Gasteiger partial charge in [0.25, 0.3) is 0 Å². The number of carbonyl (C=O) groups is 1. The summed E-state index contributed by atoms with van der Waals surface area (Å²) in [6, 6.07) is 26.2. The molecule has 0 aliphatic rings. The van der Waals surface area contributed by atoms with E-state index in [4.69, 9.17) is 9.72 Å². The van der Waals surface area contributed by atoms with Gasteiger partial charge in [-0.2, -0.15) is 4.31 Å². The molecule has 1 heterocycles. The van der Waals surface area contributed by atoms with Crippen molar-refractivity contribution < 1.29 is 17.9 Å². The first kappa shape index (κ1) is 28.9. The number of imidazole rings is 1. The number of nitrogens with zero attached hydrogens (tertiary/aromatic N) is 3. The summed E-state index contributed by atoms with van der Waals surface area (Å²) in [5.74, 6) is 0.353. The van der Waals surface area contributed by atoms with Gasteiger partial charge in [-0.25, -0.2) is 13.4 Å². The quantitative estimate of drug-likeness (QED) is 0.109. The highest BCUT2D eigenvalue weighted by Crippen LogP contribution is 2.25. The molecule has 39 heavy (non-hydrogen) atoms. The van der Waals surface area contributed by atoms with Crippen molar-refractivity contribution >= 4 is 38.8 Å². The Morgan fingerprint density at radius 3 is 2.36 bits per heavy atom. The highest BCUT2D eigenvalue weighted by Gasteiger charge is 2.24. The van der Waals surface area contributed by atoms with E-state index in [0.717, 1.165) is 28.2 Å². The van der Waals surface area contributed by atoms with Gasteiger partial charge in [0.2, 0.25) is 10.0 Å². The Kier molecular flexibility index (Phi) is 10.2. The molecule has 0 bridgehead atoms. The second-order valence-electron chi connectivity index (χ2n) is 9.33. The number of carbonyl (C=O) groups excluding carboxylic acids is 1. The number of rotatable bonds is 14. The smallest absolute Gasteiger partial charge is 0.326 e. The van der Waals surface area contributed by atoms with Crippen LogP contribution in [0.3, 0.4) is 0 Å². The maximum Gasteiger partial charge on any atom is 0.326 e. The summed E-state index contributed by atoms with van der Waals surface area (Å²) in [7, 11) is -3.63. The van der Waals surface area contributed by atoms with Gasteiger partial charge in [0, 0.05) is 18.8 Å². The maximum absolute atomic E-state index is 13.5. The zero-order chi connectivity index (χ0) is 27.7. The number of hydrogen-bond acceptors (Lipinski definition) is 6. The van der Waals surface area contributed by atoms with Gasteiger partial charge in [-0.1, -0.05) is 79.3 Å². The largest absolute Gasteiger partial charge is 0.461 e. The van der Waals surface area contributed by atoms with Crippen LogP contribution in [0.5, 0.6) is 0 Å². The van der Waals surface area contributed by atoms with E-state index < -0.39 is 10.0 Å². The molecule has 0 saturated heterocycles. The number of sulfonamides is 1. The third-order valence-electron chi connectivity index (χ3n) is 6.47. The van der Waals surface area contributed by atoms with E-state index in [1.54, 1.807) is 28.6 Å². The molecule has 0 aliphatic heterocycles. The van der Waals surface area contributed by atoms with Crippen LogP contribution in [0.4, 0.5) is 0 Å². The number of para-hydroxylation sites is 2. The van der Waals surface area contributed by atoms with E-state index in [2.05, 4.69) is 0 Å². The van der Waals surface area contributed by atoms with Crippen molar-refractivity contribution in [2.24, 2.45) is 0 Å². The SMILES string of the molecule is CCC(C)OC(=O)Cn1c(SCCCN(CCc2ccccc2)S(=O)(=O)c2ccccc2)nc2ccccc21. The van der Waals surface area contributed by atoms with Gasteiger partial charge in [0.05, 0.1) is 22.0 Å². The fraction of sp³-hybridized carbons (Fsp3) is 0.333. The average Bonchev–Trinajstić information content (AvgIpc) is 3.30. The molecule has 4 rings (SSSR count). The second-order valence-corrected chi connectivity index (χ2v) is 12.3. The topological polar surface area (TPSA) is 81.5 Å². The Bertz CT molecular complexity index is 1460. The number of hydrogen-bond donors (Lipinski definition) is 0. The Morgan fingerprint density at radius 2 is 1.64 bits per heavy atom. The van der Waals surface area contributed by atoms with Crippen molar-refractivity contribution in [3.05, 3.63) is 90.5 Å². The first-order chi connectivity index (χ1) is 18.9. The lowest BCUT2D eigenvalue weighted by atomic mass is 10.1. The van der Waals surface area contributed by atoms with Gasteiger partial charge in [0.1, 0.15) is 6.54 Å². The molecule has 0 spiro atoms. The molecule has 9 heteroatoms. The van der Waals surface area contributed by atoms with E-state index >= 15 is 0 Å². The van der Waals surface area contributed by atoms with Crippen LogP contribution in [-0.4, -0.2) is 53.2 Å². The van der Waals surface area contributed by atoms with Gasteiger partial charge in [-0.15, -0.1) is 0 Å². The molecule has 0 saturated carbocycles. The van der Waals surface area contributed by atoms with E-state index in [9.17, 15) is 13.2 Å². The van der Waals surface area contributed by atoms with Crippen molar-refractivity contribution in [2.75, 3.05) is 18.8 Å². The summed E-state index contributed by atoms with van der Waals surface area (Å²) in [4.78, 5) is 17.6. The van der Waals surface area contributed by atoms with E-state index in [0.29, 0.717) is 36.6 Å². The first-order valence-electron chi connectivity index (χ1n) is 13.2. The fourth-order valence-electron chi connectivity index (χ4n) is 4.19. The molecule has 3 aromatic carbocycles. The van der Waals surface area contributed by atoms with Crippen LogP contribution in [0.2, 0.25) is 0 Å². The Hall–Kier alpha value is -3.14. The summed E-state index contributed by atoms with van der Waals surface area (Å²) >= 11 is 1.52. The summed E-state index contributed by atoms with van der Waals surface area (Å²) < 4.78 is 35.9. The second kappa shape index (κ2) is 13.8. The van der Waals surface area contributed by atoms with Crippen LogP contribution < -0.4 is 0 Å². The molecule has 0 N–H and O–H groups in total. The molecule has 0 radical (unpaired) electrons. The summed E-state index contributed by atoms with van der Waals surface area (Å²) in [6.45, 7) is 4.72. The van der Waals surface area contributed by atoms with E-state index in [-0.39, 0.29) is 18.6 Å². The summed E-state index contributed by atoms with van der Waals surface area (Å²) in [6.07, 6.45) is 1.88. The van der Waals surface area contributed by atoms with Crippen LogP contribution in [-0.2, 0) is 32.5 Å². The van der Waals surface area contributed by atoms with Gasteiger partial charge in [-0.3, -0.25) is 4.79 Å². The third kappa shape index (κ3) is 7.71. The standard InChI is InChI=1S/C30H35N3O4S2/c1-3-24(2)37-29(34)23-33-28-18-11-10-17-27(28)31-30(33)38-22-12-20-32(21-19-25-13-6-4-7-14-25)39(35,36)26-15-8-5-9-16-26/h4-11,13-18,24H,3,12,19-23H2,1-2H3. The molecule has 0 aliphatic carbocycles. The van der Waals surface area contributed by atoms with Gasteiger partial charge in [-0.05, 0) is 56.0 Å². The fourth-order valence-corrected chi connectivity index (χ4v) is 6.62. The zero-order valence-electron chi connectivity index (χ0n) is 22.4. The minimum atomic E-state index is -3.63. The Labute approximate surface area is 235 Å². The van der Waals surface area contributed by atoms with Crippen LogP contribution >= 0.6 is 11.8 Å². The molecule has 1 unspecified atom stereocenters. The Morgan fingerprint density at radius 1 is 0.974 bits per heavy atom. The first-order valence-corrected chi connectivity index (χ1v) is 15.7. The van der Waals surface area contributed by atoms with Crippen LogP contribution in [0.1, 0.15) is 32.3 Å². The number of aromatic nitrogens is 2. The molecule has 206 valence electrons. The Balaban J connectivity index is 1.45. The maximum atomic E-state index is 13.5. The molecule has 0 amide bonds. The number of esters is 1. The van der Waals surface area contributed by atoms with Gasteiger partial charge >= 0.3 is 5.97 Å². The monoisotopic (exact) mass is 565 g/mol. The molecular formula is C30H35N3O4S2. The summed E-state index contributed by atoms with van der Waals surface area (Å²) in [5.41, 5.74) is 2.78. The highest BCUT2D eigenvalue weighted by atomic mass is 32.2. The van der Waals surface area contributed by atoms with E-state index in [1.165, 1.54) is 11.8 Å². The lowest BCUT2D eigenvalue weighted by molar-refractivity contribution is -0.149. The van der Waals surface area contributed by atoms with Gasteiger partial charge < -0.3 is 9.30 Å². The molecular weight excluding hydrogens is 530 g/mol. The number of benzene rings is 3. The molecule has 1 aromatic heterocycles. The minimum absolute atomic E-state index is 0.0821. The number of fused-ring (bicyclic) bond motifs is 1. The number of ether oxygens (including phenoxy) is 1. The van der Waals surface area contributed by atoms with Crippen molar-refractivity contribution in [2.45, 2.75) is 55.8 Å².